The average molecular weight is 221 g/mol. The van der Waals surface area contributed by atoms with Crippen LogP contribution in [0.2, 0.25) is 0 Å². The largest absolute Gasteiger partial charge is 0.504 e. The number of phenols is 1. The molecule has 1 aromatic carbocycles. The summed E-state index contributed by atoms with van der Waals surface area (Å²) in [6, 6.07) is 2.70. The first-order valence-electron chi connectivity index (χ1n) is 4.42. The Morgan fingerprint density at radius 3 is 2.62 bits per heavy atom. The van der Waals surface area contributed by atoms with E-state index in [0.717, 1.165) is 6.08 Å². The predicted molar refractivity (Wildman–Crippen MR) is 58.3 cm³/mol. The second-order valence-electron chi connectivity index (χ2n) is 3.01. The van der Waals surface area contributed by atoms with Crippen molar-refractivity contribution in [1.82, 2.24) is 0 Å². The molecule has 0 aliphatic heterocycles. The molecule has 0 spiro atoms. The number of methoxy groups -OCH3 is 1. The molecule has 0 aromatic heterocycles. The zero-order valence-corrected chi connectivity index (χ0v) is 8.64. The summed E-state index contributed by atoms with van der Waals surface area (Å²) in [5.41, 5.74) is 5.62. The summed E-state index contributed by atoms with van der Waals surface area (Å²) in [5, 5.41) is 9.49. The number of carbonyl (C=O) groups excluding carboxylic acids is 2. The highest BCUT2D eigenvalue weighted by Crippen LogP contribution is 2.29. The molecule has 0 heterocycles. The molecule has 0 aliphatic carbocycles. The van der Waals surface area contributed by atoms with Crippen molar-refractivity contribution in [2.45, 2.75) is 0 Å². The van der Waals surface area contributed by atoms with E-state index in [0.29, 0.717) is 17.4 Å². The lowest BCUT2D eigenvalue weighted by Gasteiger charge is -2.06. The molecule has 5 heteroatoms. The van der Waals surface area contributed by atoms with Crippen molar-refractivity contribution in [3.8, 4) is 11.5 Å². The van der Waals surface area contributed by atoms with E-state index in [9.17, 15) is 14.7 Å². The monoisotopic (exact) mass is 221 g/mol. The van der Waals surface area contributed by atoms with E-state index in [4.69, 9.17) is 10.5 Å². The van der Waals surface area contributed by atoms with E-state index in [-0.39, 0.29) is 11.5 Å². The van der Waals surface area contributed by atoms with Gasteiger partial charge in [0.25, 0.3) is 0 Å². The van der Waals surface area contributed by atoms with Gasteiger partial charge in [0.2, 0.25) is 5.91 Å². The van der Waals surface area contributed by atoms with E-state index in [1.165, 1.54) is 25.3 Å². The van der Waals surface area contributed by atoms with Crippen molar-refractivity contribution < 1.29 is 19.4 Å². The Bertz CT molecular complexity index is 452. The van der Waals surface area contributed by atoms with Crippen LogP contribution in [0.15, 0.2) is 18.2 Å². The van der Waals surface area contributed by atoms with Gasteiger partial charge in [-0.05, 0) is 23.8 Å². The number of benzene rings is 1. The van der Waals surface area contributed by atoms with Gasteiger partial charge in [-0.3, -0.25) is 9.59 Å². The molecule has 0 unspecified atom stereocenters. The van der Waals surface area contributed by atoms with Crippen LogP contribution < -0.4 is 10.5 Å². The highest BCUT2D eigenvalue weighted by molar-refractivity contribution is 5.92. The van der Waals surface area contributed by atoms with Gasteiger partial charge in [-0.25, -0.2) is 0 Å². The average Bonchev–Trinajstić information content (AvgIpc) is 2.26. The van der Waals surface area contributed by atoms with Gasteiger partial charge < -0.3 is 15.6 Å². The van der Waals surface area contributed by atoms with Crippen molar-refractivity contribution in [3.63, 3.8) is 0 Å². The zero-order valence-electron chi connectivity index (χ0n) is 8.64. The normalized spacial score (nSPS) is 10.3. The summed E-state index contributed by atoms with van der Waals surface area (Å²) in [4.78, 5) is 21.3. The van der Waals surface area contributed by atoms with Crippen LogP contribution in [0.25, 0.3) is 6.08 Å². The number of phenolic OH excluding ortho intramolecular Hbond substituents is 1. The smallest absolute Gasteiger partial charge is 0.241 e. The van der Waals surface area contributed by atoms with Crippen LogP contribution in [0.3, 0.4) is 0 Å². The van der Waals surface area contributed by atoms with Crippen LogP contribution in [-0.4, -0.2) is 24.4 Å². The highest BCUT2D eigenvalue weighted by atomic mass is 16.5. The lowest BCUT2D eigenvalue weighted by Crippen LogP contribution is -2.05. The Morgan fingerprint density at radius 2 is 2.12 bits per heavy atom. The van der Waals surface area contributed by atoms with Gasteiger partial charge in [-0.15, -0.1) is 0 Å². The Balaban J connectivity index is 3.23. The predicted octanol–water partition coefficient (Wildman–Crippen LogP) is 0.712. The molecule has 1 amide bonds. The second-order valence-corrected chi connectivity index (χ2v) is 3.01. The van der Waals surface area contributed by atoms with Crippen LogP contribution in [0, 0.1) is 0 Å². The maximum absolute atomic E-state index is 10.8. The number of carbonyl (C=O) groups is 2. The van der Waals surface area contributed by atoms with Crippen LogP contribution >= 0.6 is 0 Å². The number of hydrogen-bond acceptors (Lipinski definition) is 4. The minimum absolute atomic E-state index is 0.114. The van der Waals surface area contributed by atoms with Crippen molar-refractivity contribution in [1.29, 1.82) is 0 Å². The molecule has 1 rings (SSSR count). The van der Waals surface area contributed by atoms with Crippen molar-refractivity contribution in [2.75, 3.05) is 7.11 Å². The summed E-state index contributed by atoms with van der Waals surface area (Å²) >= 11 is 0. The Kier molecular flexibility index (Phi) is 3.66. The van der Waals surface area contributed by atoms with Gasteiger partial charge in [-0.1, -0.05) is 0 Å². The first-order chi connectivity index (χ1) is 7.58. The van der Waals surface area contributed by atoms with Gasteiger partial charge in [0, 0.05) is 11.6 Å². The molecule has 3 N–H and O–H groups in total. The number of ether oxygens (including phenoxy) is 1. The van der Waals surface area contributed by atoms with Crippen LogP contribution in [-0.2, 0) is 4.79 Å². The SMILES string of the molecule is COc1cc(C=O)c(C=CC(N)=O)cc1O. The molecule has 16 heavy (non-hydrogen) atoms. The fraction of sp³-hybridized carbons (Fsp3) is 0.0909. The molecule has 5 nitrogen and oxygen atoms in total. The van der Waals surface area contributed by atoms with Crippen molar-refractivity contribution in [3.05, 3.63) is 29.3 Å². The summed E-state index contributed by atoms with van der Waals surface area (Å²) in [5.74, 6) is -0.553. The molecular weight excluding hydrogens is 210 g/mol. The van der Waals surface area contributed by atoms with Gasteiger partial charge in [0.1, 0.15) is 0 Å². The standard InChI is InChI=1S/C11H11NO4/c1-16-10-5-8(6-13)7(4-9(10)14)2-3-11(12)15/h2-6,14H,1H3,(H2,12,15). The molecule has 0 bridgehead atoms. The first-order valence-corrected chi connectivity index (χ1v) is 4.42. The van der Waals surface area contributed by atoms with Crippen LogP contribution in [0.5, 0.6) is 11.5 Å². The summed E-state index contributed by atoms with van der Waals surface area (Å²) in [6.07, 6.45) is 3.06. The number of aldehydes is 1. The number of nitrogens with two attached hydrogens (primary N) is 1. The van der Waals surface area contributed by atoms with Crippen LogP contribution in [0.4, 0.5) is 0 Å². The van der Waals surface area contributed by atoms with E-state index < -0.39 is 5.91 Å². The van der Waals surface area contributed by atoms with Gasteiger partial charge in [0.05, 0.1) is 7.11 Å². The zero-order chi connectivity index (χ0) is 12.1. The minimum atomic E-state index is -0.632. The molecule has 0 saturated carbocycles. The molecular formula is C11H11NO4. The molecule has 0 atom stereocenters. The fourth-order valence-corrected chi connectivity index (χ4v) is 1.18. The first kappa shape index (κ1) is 11.8. The Labute approximate surface area is 92.1 Å². The highest BCUT2D eigenvalue weighted by Gasteiger charge is 2.07. The fourth-order valence-electron chi connectivity index (χ4n) is 1.18. The van der Waals surface area contributed by atoms with Gasteiger partial charge >= 0.3 is 0 Å². The molecule has 0 radical (unpaired) electrons. The molecule has 0 aliphatic rings. The third-order valence-electron chi connectivity index (χ3n) is 1.94. The summed E-state index contributed by atoms with van der Waals surface area (Å²) in [7, 11) is 1.38. The number of primary amides is 1. The van der Waals surface area contributed by atoms with Crippen molar-refractivity contribution >= 4 is 18.3 Å². The number of amides is 1. The van der Waals surface area contributed by atoms with Gasteiger partial charge in [-0.2, -0.15) is 0 Å². The third kappa shape index (κ3) is 2.60. The second kappa shape index (κ2) is 4.97. The van der Waals surface area contributed by atoms with E-state index in [2.05, 4.69) is 0 Å². The van der Waals surface area contributed by atoms with Crippen LogP contribution in [0.1, 0.15) is 15.9 Å². The Morgan fingerprint density at radius 1 is 1.44 bits per heavy atom. The third-order valence-corrected chi connectivity index (χ3v) is 1.94. The van der Waals surface area contributed by atoms with Gasteiger partial charge in [0.15, 0.2) is 17.8 Å². The summed E-state index contributed by atoms with van der Waals surface area (Å²) < 4.78 is 4.84. The quantitative estimate of drug-likeness (QED) is 0.578. The van der Waals surface area contributed by atoms with E-state index >= 15 is 0 Å². The lowest BCUT2D eigenvalue weighted by molar-refractivity contribution is -0.113. The maximum Gasteiger partial charge on any atom is 0.241 e. The van der Waals surface area contributed by atoms with Crippen molar-refractivity contribution in [2.24, 2.45) is 5.73 Å². The molecule has 84 valence electrons. The molecule has 1 aromatic rings. The summed E-state index contributed by atoms with van der Waals surface area (Å²) in [6.45, 7) is 0. The molecule has 0 fully saturated rings. The topological polar surface area (TPSA) is 89.6 Å². The maximum atomic E-state index is 10.8. The number of hydrogen-bond donors (Lipinski definition) is 2. The number of rotatable bonds is 4. The Hall–Kier alpha value is -2.30. The van der Waals surface area contributed by atoms with E-state index in [1.807, 2.05) is 0 Å². The number of aromatic hydroxyl groups is 1. The molecule has 0 saturated heterocycles. The van der Waals surface area contributed by atoms with E-state index in [1.54, 1.807) is 0 Å². The lowest BCUT2D eigenvalue weighted by atomic mass is 10.1. The minimum Gasteiger partial charge on any atom is -0.504 e.